The van der Waals surface area contributed by atoms with Gasteiger partial charge in [-0.05, 0) is 35.2 Å². The van der Waals surface area contributed by atoms with Crippen molar-refractivity contribution in [1.29, 1.82) is 0 Å². The minimum Gasteiger partial charge on any atom is -0.374 e. The first kappa shape index (κ1) is 11.7. The summed E-state index contributed by atoms with van der Waals surface area (Å²) in [6.45, 7) is 1.04. The number of nitro groups is 1. The Labute approximate surface area is 111 Å². The van der Waals surface area contributed by atoms with Gasteiger partial charge in [0.2, 0.25) is 0 Å². The van der Waals surface area contributed by atoms with E-state index in [0.29, 0.717) is 0 Å². The van der Waals surface area contributed by atoms with Crippen LogP contribution in [0.5, 0.6) is 0 Å². The van der Waals surface area contributed by atoms with Gasteiger partial charge in [-0.2, -0.15) is 0 Å². The average Bonchev–Trinajstić information content (AvgIpc) is 2.80. The van der Waals surface area contributed by atoms with Gasteiger partial charge < -0.3 is 4.90 Å². The number of fused-ring (bicyclic) bond motifs is 1. The molecule has 0 bridgehead atoms. The van der Waals surface area contributed by atoms with Crippen molar-refractivity contribution < 1.29 is 4.92 Å². The van der Waals surface area contributed by atoms with Crippen molar-refractivity contribution in [3.63, 3.8) is 0 Å². The molecule has 0 unspecified atom stereocenters. The van der Waals surface area contributed by atoms with Crippen molar-refractivity contribution in [3.05, 3.63) is 58.1 Å². The Balaban J connectivity index is 2.03. The lowest BCUT2D eigenvalue weighted by Gasteiger charge is -2.12. The molecule has 1 aliphatic rings. The summed E-state index contributed by atoms with van der Waals surface area (Å²) in [5, 5.41) is 10.8. The molecule has 0 aromatic heterocycles. The van der Waals surface area contributed by atoms with Gasteiger partial charge in [-0.1, -0.05) is 18.2 Å². The van der Waals surface area contributed by atoms with E-state index in [9.17, 15) is 10.1 Å². The molecule has 4 heteroatoms. The van der Waals surface area contributed by atoms with Gasteiger partial charge in [-0.25, -0.2) is 0 Å². The van der Waals surface area contributed by atoms with Crippen LogP contribution in [0.1, 0.15) is 5.56 Å². The Bertz CT molecular complexity index is 652. The maximum Gasteiger partial charge on any atom is 0.270 e. The number of hydrogen-bond donors (Lipinski definition) is 0. The second-order valence-electron chi connectivity index (χ2n) is 4.82. The largest absolute Gasteiger partial charge is 0.374 e. The Morgan fingerprint density at radius 2 is 1.95 bits per heavy atom. The number of hydrogen-bond acceptors (Lipinski definition) is 3. The third-order valence-corrected chi connectivity index (χ3v) is 3.60. The van der Waals surface area contributed by atoms with E-state index in [0.717, 1.165) is 24.1 Å². The lowest BCUT2D eigenvalue weighted by atomic mass is 10.0. The first-order valence-electron chi connectivity index (χ1n) is 6.24. The number of likely N-dealkylation sites (N-methyl/N-ethyl adjacent to an activating group) is 1. The van der Waals surface area contributed by atoms with Gasteiger partial charge >= 0.3 is 0 Å². The molecule has 0 N–H and O–H groups in total. The Morgan fingerprint density at radius 3 is 2.74 bits per heavy atom. The number of nitro benzene ring substituents is 1. The summed E-state index contributed by atoms with van der Waals surface area (Å²) in [7, 11) is 2.08. The minimum absolute atomic E-state index is 0.134. The lowest BCUT2D eigenvalue weighted by Crippen LogP contribution is -2.12. The molecule has 0 amide bonds. The van der Waals surface area contributed by atoms with E-state index in [1.807, 2.05) is 12.1 Å². The van der Waals surface area contributed by atoms with Crippen molar-refractivity contribution in [2.75, 3.05) is 18.5 Å². The number of non-ortho nitro benzene ring substituents is 1. The summed E-state index contributed by atoms with van der Waals surface area (Å²) < 4.78 is 0. The molecule has 0 saturated heterocycles. The normalized spacial score (nSPS) is 13.4. The molecule has 0 fully saturated rings. The SMILES string of the molecule is CN1CCc2cc(-c3cccc([N+](=O)[O-])c3)ccc21. The van der Waals surface area contributed by atoms with Gasteiger partial charge in [0.15, 0.2) is 0 Å². The third kappa shape index (κ3) is 2.05. The maximum atomic E-state index is 10.8. The lowest BCUT2D eigenvalue weighted by molar-refractivity contribution is -0.384. The highest BCUT2D eigenvalue weighted by Crippen LogP contribution is 2.32. The zero-order chi connectivity index (χ0) is 13.4. The number of rotatable bonds is 2. The smallest absolute Gasteiger partial charge is 0.270 e. The van der Waals surface area contributed by atoms with Crippen molar-refractivity contribution in [2.24, 2.45) is 0 Å². The highest BCUT2D eigenvalue weighted by molar-refractivity contribution is 5.71. The molecule has 2 aromatic carbocycles. The van der Waals surface area contributed by atoms with E-state index >= 15 is 0 Å². The standard InChI is InChI=1S/C15H14N2O2/c1-16-8-7-13-9-12(5-6-15(13)16)11-3-2-4-14(10-11)17(18)19/h2-6,9-10H,7-8H2,1H3. The van der Waals surface area contributed by atoms with Gasteiger partial charge in [0.05, 0.1) is 4.92 Å². The molecule has 0 aliphatic carbocycles. The fourth-order valence-electron chi connectivity index (χ4n) is 2.55. The van der Waals surface area contributed by atoms with Crippen LogP contribution in [0.3, 0.4) is 0 Å². The molecule has 3 rings (SSSR count). The van der Waals surface area contributed by atoms with Crippen molar-refractivity contribution >= 4 is 11.4 Å². The topological polar surface area (TPSA) is 46.4 Å². The zero-order valence-corrected chi connectivity index (χ0v) is 10.7. The van der Waals surface area contributed by atoms with Crippen LogP contribution in [0, 0.1) is 10.1 Å². The van der Waals surface area contributed by atoms with Gasteiger partial charge in [-0.3, -0.25) is 10.1 Å². The van der Waals surface area contributed by atoms with Crippen LogP contribution in [-0.2, 0) is 6.42 Å². The predicted molar refractivity (Wildman–Crippen MR) is 75.5 cm³/mol. The van der Waals surface area contributed by atoms with Crippen LogP contribution in [0.15, 0.2) is 42.5 Å². The second-order valence-corrected chi connectivity index (χ2v) is 4.82. The molecule has 96 valence electrons. The summed E-state index contributed by atoms with van der Waals surface area (Å²) in [4.78, 5) is 12.7. The molecule has 1 aliphatic heterocycles. The van der Waals surface area contributed by atoms with E-state index in [1.54, 1.807) is 12.1 Å². The number of benzene rings is 2. The van der Waals surface area contributed by atoms with E-state index in [2.05, 4.69) is 24.1 Å². The molecule has 0 atom stereocenters. The first-order valence-corrected chi connectivity index (χ1v) is 6.24. The molecule has 2 aromatic rings. The summed E-state index contributed by atoms with van der Waals surface area (Å²) in [6, 6.07) is 13.0. The van der Waals surface area contributed by atoms with Crippen LogP contribution < -0.4 is 4.90 Å². The maximum absolute atomic E-state index is 10.8. The van der Waals surface area contributed by atoms with Gasteiger partial charge in [-0.15, -0.1) is 0 Å². The minimum atomic E-state index is -0.357. The molecule has 4 nitrogen and oxygen atoms in total. The van der Waals surface area contributed by atoms with Gasteiger partial charge in [0, 0.05) is 31.4 Å². The van der Waals surface area contributed by atoms with E-state index in [4.69, 9.17) is 0 Å². The molecule has 0 saturated carbocycles. The zero-order valence-electron chi connectivity index (χ0n) is 10.7. The fourth-order valence-corrected chi connectivity index (χ4v) is 2.55. The van der Waals surface area contributed by atoms with Crippen molar-refractivity contribution in [3.8, 4) is 11.1 Å². The van der Waals surface area contributed by atoms with E-state index in [1.165, 1.54) is 17.3 Å². The van der Waals surface area contributed by atoms with E-state index in [-0.39, 0.29) is 10.6 Å². The second kappa shape index (κ2) is 4.39. The molecule has 19 heavy (non-hydrogen) atoms. The number of anilines is 1. The monoisotopic (exact) mass is 254 g/mol. The fraction of sp³-hybridized carbons (Fsp3) is 0.200. The van der Waals surface area contributed by atoms with Crippen LogP contribution >= 0.6 is 0 Å². The quantitative estimate of drug-likeness (QED) is 0.610. The Morgan fingerprint density at radius 1 is 1.16 bits per heavy atom. The van der Waals surface area contributed by atoms with E-state index < -0.39 is 0 Å². The molecule has 0 spiro atoms. The molecule has 0 radical (unpaired) electrons. The molecular weight excluding hydrogens is 240 g/mol. The molecular formula is C15H14N2O2. The number of nitrogens with zero attached hydrogens (tertiary/aromatic N) is 2. The summed E-state index contributed by atoms with van der Waals surface area (Å²) in [5.74, 6) is 0. The van der Waals surface area contributed by atoms with Crippen LogP contribution in [-0.4, -0.2) is 18.5 Å². The van der Waals surface area contributed by atoms with Crippen LogP contribution in [0.25, 0.3) is 11.1 Å². The highest BCUT2D eigenvalue weighted by Gasteiger charge is 2.16. The van der Waals surface area contributed by atoms with Crippen molar-refractivity contribution in [1.82, 2.24) is 0 Å². The first-order chi connectivity index (χ1) is 9.15. The average molecular weight is 254 g/mol. The third-order valence-electron chi connectivity index (χ3n) is 3.60. The predicted octanol–water partition coefficient (Wildman–Crippen LogP) is 3.25. The molecule has 1 heterocycles. The Kier molecular flexibility index (Phi) is 2.71. The van der Waals surface area contributed by atoms with Gasteiger partial charge in [0.25, 0.3) is 5.69 Å². The van der Waals surface area contributed by atoms with Crippen LogP contribution in [0.2, 0.25) is 0 Å². The van der Waals surface area contributed by atoms with Crippen LogP contribution in [0.4, 0.5) is 11.4 Å². The van der Waals surface area contributed by atoms with Crippen molar-refractivity contribution in [2.45, 2.75) is 6.42 Å². The highest BCUT2D eigenvalue weighted by atomic mass is 16.6. The van der Waals surface area contributed by atoms with Gasteiger partial charge in [0.1, 0.15) is 0 Å². The Hall–Kier alpha value is -2.36. The summed E-state index contributed by atoms with van der Waals surface area (Å²) in [5.41, 5.74) is 4.64. The summed E-state index contributed by atoms with van der Waals surface area (Å²) in [6.07, 6.45) is 1.04. The summed E-state index contributed by atoms with van der Waals surface area (Å²) >= 11 is 0.